The predicted octanol–water partition coefficient (Wildman–Crippen LogP) is 3.38. The van der Waals surface area contributed by atoms with Gasteiger partial charge >= 0.3 is 11.9 Å². The molecule has 1 aromatic rings. The molecule has 0 N–H and O–H groups in total. The van der Waals surface area contributed by atoms with E-state index in [1.165, 1.54) is 13.0 Å². The molecule has 8 nitrogen and oxygen atoms in total. The van der Waals surface area contributed by atoms with Gasteiger partial charge in [-0.1, -0.05) is 15.9 Å². The first kappa shape index (κ1) is 23.0. The molecule has 29 heavy (non-hydrogen) atoms. The number of rotatable bonds is 8. The second-order valence-corrected chi connectivity index (χ2v) is 7.66. The highest BCUT2D eigenvalue weighted by Crippen LogP contribution is 2.36. The average Bonchev–Trinajstić information content (AvgIpc) is 2.94. The monoisotopic (exact) mass is 485 g/mol. The van der Waals surface area contributed by atoms with Crippen LogP contribution in [0.5, 0.6) is 5.75 Å². The fourth-order valence-electron chi connectivity index (χ4n) is 2.43. The van der Waals surface area contributed by atoms with Crippen LogP contribution in [0.4, 0.5) is 4.79 Å². The van der Waals surface area contributed by atoms with E-state index in [0.717, 1.165) is 4.90 Å². The summed E-state index contributed by atoms with van der Waals surface area (Å²) in [4.78, 5) is 49.5. The molecule has 1 saturated heterocycles. The molecule has 1 heterocycles. The van der Waals surface area contributed by atoms with Gasteiger partial charge < -0.3 is 14.2 Å². The molecule has 1 atom stereocenters. The Kier molecular flexibility index (Phi) is 8.27. The van der Waals surface area contributed by atoms with Gasteiger partial charge in [-0.3, -0.25) is 14.5 Å². The van der Waals surface area contributed by atoms with Gasteiger partial charge in [-0.25, -0.2) is 9.59 Å². The Labute approximate surface area is 180 Å². The predicted molar refractivity (Wildman–Crippen MR) is 110 cm³/mol. The second kappa shape index (κ2) is 10.4. The zero-order chi connectivity index (χ0) is 21.6. The van der Waals surface area contributed by atoms with E-state index < -0.39 is 29.1 Å². The van der Waals surface area contributed by atoms with Gasteiger partial charge in [0.15, 0.2) is 6.61 Å². The summed E-state index contributed by atoms with van der Waals surface area (Å²) in [6.07, 6.45) is 1.48. The molecule has 0 spiro atoms. The largest absolute Gasteiger partial charge is 0.481 e. The summed E-state index contributed by atoms with van der Waals surface area (Å²) in [6.45, 7) is 4.86. The first-order valence-corrected chi connectivity index (χ1v) is 10.4. The van der Waals surface area contributed by atoms with Crippen LogP contribution in [0, 0.1) is 0 Å². The Bertz CT molecular complexity index is 855. The number of ether oxygens (including phenoxy) is 3. The number of amides is 2. The number of benzene rings is 1. The molecule has 1 aliphatic rings. The minimum Gasteiger partial charge on any atom is -0.481 e. The van der Waals surface area contributed by atoms with Gasteiger partial charge in [0.2, 0.25) is 0 Å². The highest BCUT2D eigenvalue weighted by Gasteiger charge is 2.41. The van der Waals surface area contributed by atoms with Gasteiger partial charge in [0.1, 0.15) is 11.8 Å². The fraction of sp³-hybridized carbons (Fsp3) is 0.368. The molecule has 156 valence electrons. The standard InChI is InChI=1S/C19H20BrNO7S/c1-4-26-16(22)10-28-14-7-6-13(20)8-12(14)9-15-17(23)21(19(25)29-15)11(3)18(24)27-5-2/h6-9,11H,4-5,10H2,1-3H3/b15-9+/t11-/m0/s1. The lowest BCUT2D eigenvalue weighted by atomic mass is 10.1. The van der Waals surface area contributed by atoms with Crippen molar-refractivity contribution in [2.24, 2.45) is 0 Å². The molecular weight excluding hydrogens is 466 g/mol. The molecule has 1 aromatic carbocycles. The van der Waals surface area contributed by atoms with Gasteiger partial charge in [-0.05, 0) is 56.8 Å². The van der Waals surface area contributed by atoms with Crippen molar-refractivity contribution >= 4 is 56.9 Å². The molecule has 0 saturated carbocycles. The van der Waals surface area contributed by atoms with Crippen LogP contribution in [-0.4, -0.2) is 53.8 Å². The van der Waals surface area contributed by atoms with Crippen molar-refractivity contribution in [1.29, 1.82) is 0 Å². The first-order chi connectivity index (χ1) is 13.8. The summed E-state index contributed by atoms with van der Waals surface area (Å²) < 4.78 is 15.9. The van der Waals surface area contributed by atoms with Gasteiger partial charge in [0, 0.05) is 10.0 Å². The van der Waals surface area contributed by atoms with Gasteiger partial charge in [0.25, 0.3) is 11.1 Å². The van der Waals surface area contributed by atoms with Crippen LogP contribution in [-0.2, 0) is 23.9 Å². The van der Waals surface area contributed by atoms with E-state index in [2.05, 4.69) is 15.9 Å². The Hall–Kier alpha value is -2.33. The lowest BCUT2D eigenvalue weighted by Gasteiger charge is -2.19. The van der Waals surface area contributed by atoms with Crippen LogP contribution in [0.2, 0.25) is 0 Å². The SMILES string of the molecule is CCOC(=O)COc1ccc(Br)cc1/C=C1/SC(=O)N([C@@H](C)C(=O)OCC)C1=O. The van der Waals surface area contributed by atoms with Gasteiger partial charge in [-0.2, -0.15) is 0 Å². The summed E-state index contributed by atoms with van der Waals surface area (Å²) in [5.74, 6) is -1.44. The lowest BCUT2D eigenvalue weighted by molar-refractivity contribution is -0.150. The van der Waals surface area contributed by atoms with Crippen LogP contribution < -0.4 is 4.74 Å². The highest BCUT2D eigenvalue weighted by molar-refractivity contribution is 9.10. The Morgan fingerprint density at radius 3 is 2.55 bits per heavy atom. The summed E-state index contributed by atoms with van der Waals surface area (Å²) in [6, 6.07) is 3.99. The van der Waals surface area contributed by atoms with Crippen LogP contribution >= 0.6 is 27.7 Å². The van der Waals surface area contributed by atoms with Crippen molar-refractivity contribution in [3.63, 3.8) is 0 Å². The molecule has 0 unspecified atom stereocenters. The molecular formula is C19H20BrNO7S. The van der Waals surface area contributed by atoms with Crippen molar-refractivity contribution in [2.45, 2.75) is 26.8 Å². The molecule has 2 amide bonds. The number of esters is 2. The van der Waals surface area contributed by atoms with E-state index in [0.29, 0.717) is 27.5 Å². The van der Waals surface area contributed by atoms with Crippen LogP contribution in [0.1, 0.15) is 26.3 Å². The highest BCUT2D eigenvalue weighted by atomic mass is 79.9. The number of halogens is 1. The second-order valence-electron chi connectivity index (χ2n) is 5.76. The summed E-state index contributed by atoms with van der Waals surface area (Å²) in [5, 5.41) is -0.564. The quantitative estimate of drug-likeness (QED) is 0.408. The number of nitrogens with zero attached hydrogens (tertiary/aromatic N) is 1. The first-order valence-electron chi connectivity index (χ1n) is 8.80. The minimum absolute atomic E-state index is 0.130. The molecule has 0 aliphatic carbocycles. The Balaban J connectivity index is 2.26. The van der Waals surface area contributed by atoms with E-state index in [9.17, 15) is 19.2 Å². The maximum Gasteiger partial charge on any atom is 0.344 e. The zero-order valence-electron chi connectivity index (χ0n) is 16.1. The topological polar surface area (TPSA) is 99.2 Å². The van der Waals surface area contributed by atoms with E-state index in [-0.39, 0.29) is 24.7 Å². The summed E-state index contributed by atoms with van der Waals surface area (Å²) >= 11 is 4.06. The number of imide groups is 1. The normalized spacial score (nSPS) is 16.1. The Morgan fingerprint density at radius 1 is 1.21 bits per heavy atom. The van der Waals surface area contributed by atoms with Gasteiger partial charge in [-0.15, -0.1) is 0 Å². The van der Waals surface area contributed by atoms with Crippen molar-refractivity contribution in [3.8, 4) is 5.75 Å². The third-order valence-electron chi connectivity index (χ3n) is 3.75. The van der Waals surface area contributed by atoms with Crippen LogP contribution in [0.3, 0.4) is 0 Å². The lowest BCUT2D eigenvalue weighted by Crippen LogP contribution is -2.42. The van der Waals surface area contributed by atoms with Gasteiger partial charge in [0.05, 0.1) is 18.1 Å². The molecule has 1 aliphatic heterocycles. The molecule has 10 heteroatoms. The maximum absolute atomic E-state index is 12.7. The molecule has 2 rings (SSSR count). The van der Waals surface area contributed by atoms with Crippen molar-refractivity contribution < 1.29 is 33.4 Å². The molecule has 1 fully saturated rings. The van der Waals surface area contributed by atoms with Crippen molar-refractivity contribution in [3.05, 3.63) is 33.1 Å². The number of thioether (sulfide) groups is 1. The number of carbonyl (C=O) groups is 4. The smallest absolute Gasteiger partial charge is 0.344 e. The molecule has 0 radical (unpaired) electrons. The average molecular weight is 486 g/mol. The summed E-state index contributed by atoms with van der Waals surface area (Å²) in [5.41, 5.74) is 0.484. The van der Waals surface area contributed by atoms with E-state index in [1.807, 2.05) is 0 Å². The zero-order valence-corrected chi connectivity index (χ0v) is 18.5. The fourth-order valence-corrected chi connectivity index (χ4v) is 3.70. The number of hydrogen-bond donors (Lipinski definition) is 0. The third kappa shape index (κ3) is 5.83. The van der Waals surface area contributed by atoms with E-state index >= 15 is 0 Å². The Morgan fingerprint density at radius 2 is 1.90 bits per heavy atom. The third-order valence-corrected chi connectivity index (χ3v) is 5.12. The minimum atomic E-state index is -1.03. The van der Waals surface area contributed by atoms with E-state index in [4.69, 9.17) is 14.2 Å². The maximum atomic E-state index is 12.7. The van der Waals surface area contributed by atoms with Crippen LogP contribution in [0.15, 0.2) is 27.6 Å². The summed E-state index contributed by atoms with van der Waals surface area (Å²) in [7, 11) is 0. The van der Waals surface area contributed by atoms with Crippen LogP contribution in [0.25, 0.3) is 6.08 Å². The van der Waals surface area contributed by atoms with Crippen molar-refractivity contribution in [1.82, 2.24) is 4.90 Å². The van der Waals surface area contributed by atoms with E-state index in [1.54, 1.807) is 32.0 Å². The number of carbonyl (C=O) groups excluding carboxylic acids is 4. The van der Waals surface area contributed by atoms with Crippen molar-refractivity contribution in [2.75, 3.05) is 19.8 Å². The number of hydrogen-bond acceptors (Lipinski definition) is 8. The molecule has 0 aromatic heterocycles. The molecule has 0 bridgehead atoms.